The standard InChI is InChI=1S/C12H16N6S/c1-2-9(1)5-10-14-15-11-6-17(3-4-18(10)11)7-12-16-13-8-19-12/h8-9H,1-7H2. The molecular weight excluding hydrogens is 260 g/mol. The van der Waals surface area contributed by atoms with Crippen LogP contribution >= 0.6 is 11.3 Å². The molecule has 3 heterocycles. The zero-order chi connectivity index (χ0) is 12.7. The van der Waals surface area contributed by atoms with Crippen molar-refractivity contribution in [2.45, 2.75) is 38.9 Å². The molecule has 0 amide bonds. The highest BCUT2D eigenvalue weighted by molar-refractivity contribution is 7.09. The monoisotopic (exact) mass is 276 g/mol. The molecule has 2 aromatic rings. The summed E-state index contributed by atoms with van der Waals surface area (Å²) in [5, 5.41) is 17.8. The van der Waals surface area contributed by atoms with Gasteiger partial charge in [0.25, 0.3) is 0 Å². The summed E-state index contributed by atoms with van der Waals surface area (Å²) < 4.78 is 2.31. The fourth-order valence-corrected chi connectivity index (χ4v) is 3.16. The van der Waals surface area contributed by atoms with Gasteiger partial charge in [0.15, 0.2) is 0 Å². The number of nitrogens with zero attached hydrogens (tertiary/aromatic N) is 6. The van der Waals surface area contributed by atoms with Gasteiger partial charge < -0.3 is 4.57 Å². The van der Waals surface area contributed by atoms with Gasteiger partial charge in [-0.25, -0.2) is 0 Å². The highest BCUT2D eigenvalue weighted by atomic mass is 32.1. The van der Waals surface area contributed by atoms with Gasteiger partial charge in [0, 0.05) is 19.5 Å². The average Bonchev–Trinajstić information content (AvgIpc) is 2.93. The second kappa shape index (κ2) is 4.64. The SMILES string of the molecule is c1nnc(CN2CCn3c(CC4CC4)nnc3C2)s1. The lowest BCUT2D eigenvalue weighted by Gasteiger charge is -2.26. The fourth-order valence-electron chi connectivity index (χ4n) is 2.59. The maximum Gasteiger partial charge on any atom is 0.147 e. The zero-order valence-electron chi connectivity index (χ0n) is 10.7. The minimum Gasteiger partial charge on any atom is -0.313 e. The van der Waals surface area contributed by atoms with Crippen molar-refractivity contribution < 1.29 is 0 Å². The molecule has 7 heteroatoms. The molecule has 0 atom stereocenters. The summed E-state index contributed by atoms with van der Waals surface area (Å²) in [5.74, 6) is 3.16. The normalized spacial score (nSPS) is 19.6. The molecule has 0 N–H and O–H groups in total. The first-order valence-corrected chi connectivity index (χ1v) is 7.65. The van der Waals surface area contributed by atoms with Crippen LogP contribution in [0.4, 0.5) is 0 Å². The van der Waals surface area contributed by atoms with Gasteiger partial charge in [-0.15, -0.1) is 31.7 Å². The van der Waals surface area contributed by atoms with Crippen molar-refractivity contribution in [2.75, 3.05) is 6.54 Å². The van der Waals surface area contributed by atoms with Crippen molar-refractivity contribution in [3.63, 3.8) is 0 Å². The molecule has 0 bridgehead atoms. The maximum atomic E-state index is 4.37. The molecule has 0 unspecified atom stereocenters. The van der Waals surface area contributed by atoms with Gasteiger partial charge in [-0.2, -0.15) is 0 Å². The van der Waals surface area contributed by atoms with E-state index in [9.17, 15) is 0 Å². The van der Waals surface area contributed by atoms with Crippen LogP contribution in [-0.4, -0.2) is 36.4 Å². The lowest BCUT2D eigenvalue weighted by molar-refractivity contribution is 0.206. The fraction of sp³-hybridized carbons (Fsp3) is 0.667. The van der Waals surface area contributed by atoms with Crippen molar-refractivity contribution in [3.05, 3.63) is 22.2 Å². The number of rotatable bonds is 4. The van der Waals surface area contributed by atoms with E-state index in [2.05, 4.69) is 29.9 Å². The first-order chi connectivity index (χ1) is 9.38. The lowest BCUT2D eigenvalue weighted by Crippen LogP contribution is -2.34. The van der Waals surface area contributed by atoms with Gasteiger partial charge in [-0.3, -0.25) is 4.90 Å². The highest BCUT2D eigenvalue weighted by Gasteiger charge is 2.27. The van der Waals surface area contributed by atoms with Crippen molar-refractivity contribution in [1.29, 1.82) is 0 Å². The Labute approximate surface area is 115 Å². The van der Waals surface area contributed by atoms with E-state index in [0.29, 0.717) is 0 Å². The van der Waals surface area contributed by atoms with E-state index >= 15 is 0 Å². The van der Waals surface area contributed by atoms with E-state index in [1.807, 2.05) is 0 Å². The third kappa shape index (κ3) is 2.40. The average molecular weight is 276 g/mol. The topological polar surface area (TPSA) is 59.7 Å². The number of fused-ring (bicyclic) bond motifs is 1. The Bertz CT molecular complexity index is 559. The summed E-state index contributed by atoms with van der Waals surface area (Å²) in [6.45, 7) is 3.79. The maximum absolute atomic E-state index is 4.37. The van der Waals surface area contributed by atoms with Crippen molar-refractivity contribution in [3.8, 4) is 0 Å². The van der Waals surface area contributed by atoms with E-state index in [0.717, 1.165) is 49.3 Å². The van der Waals surface area contributed by atoms with E-state index < -0.39 is 0 Å². The lowest BCUT2D eigenvalue weighted by atomic mass is 10.2. The predicted molar refractivity (Wildman–Crippen MR) is 70.5 cm³/mol. The van der Waals surface area contributed by atoms with Crippen LogP contribution in [0.25, 0.3) is 0 Å². The number of hydrogen-bond acceptors (Lipinski definition) is 6. The Hall–Kier alpha value is -1.34. The predicted octanol–water partition coefficient (Wildman–Crippen LogP) is 1.10. The summed E-state index contributed by atoms with van der Waals surface area (Å²) in [6.07, 6.45) is 3.85. The smallest absolute Gasteiger partial charge is 0.147 e. The van der Waals surface area contributed by atoms with Crippen molar-refractivity contribution in [1.82, 2.24) is 29.9 Å². The van der Waals surface area contributed by atoms with Crippen LogP contribution in [0.3, 0.4) is 0 Å². The molecule has 6 nitrogen and oxygen atoms in total. The van der Waals surface area contributed by atoms with Crippen LogP contribution in [0, 0.1) is 5.92 Å². The summed E-state index contributed by atoms with van der Waals surface area (Å²) in [4.78, 5) is 2.37. The number of hydrogen-bond donors (Lipinski definition) is 0. The minimum absolute atomic E-state index is 0.868. The van der Waals surface area contributed by atoms with Gasteiger partial charge in [0.05, 0.1) is 13.1 Å². The Kier molecular flexibility index (Phi) is 2.81. The molecule has 0 radical (unpaired) electrons. The second-order valence-electron chi connectivity index (χ2n) is 5.37. The molecule has 19 heavy (non-hydrogen) atoms. The van der Waals surface area contributed by atoms with Crippen LogP contribution in [-0.2, 0) is 26.1 Å². The van der Waals surface area contributed by atoms with Gasteiger partial charge in [-0.05, 0) is 18.8 Å². The van der Waals surface area contributed by atoms with E-state index in [1.165, 1.54) is 18.7 Å². The molecule has 0 saturated heterocycles. The molecule has 2 aliphatic rings. The van der Waals surface area contributed by atoms with E-state index in [4.69, 9.17) is 0 Å². The molecule has 1 aliphatic heterocycles. The molecule has 100 valence electrons. The van der Waals surface area contributed by atoms with Crippen LogP contribution in [0.2, 0.25) is 0 Å². The molecule has 0 aromatic carbocycles. The summed E-state index contributed by atoms with van der Waals surface area (Å²) in [7, 11) is 0. The van der Waals surface area contributed by atoms with Gasteiger partial charge in [-0.1, -0.05) is 0 Å². The van der Waals surface area contributed by atoms with Crippen molar-refractivity contribution in [2.24, 2.45) is 5.92 Å². The quantitative estimate of drug-likeness (QED) is 0.837. The molecule has 2 aromatic heterocycles. The molecule has 0 spiro atoms. The first-order valence-electron chi connectivity index (χ1n) is 6.77. The van der Waals surface area contributed by atoms with Crippen LogP contribution < -0.4 is 0 Å². The third-order valence-electron chi connectivity index (χ3n) is 3.84. The van der Waals surface area contributed by atoms with Gasteiger partial charge >= 0.3 is 0 Å². The molecule has 1 aliphatic carbocycles. The Morgan fingerprint density at radius 2 is 2.16 bits per heavy atom. The molecular formula is C12H16N6S. The summed E-state index contributed by atoms with van der Waals surface area (Å²) in [5.41, 5.74) is 1.79. The minimum atomic E-state index is 0.868. The van der Waals surface area contributed by atoms with Gasteiger partial charge in [0.2, 0.25) is 0 Å². The molecule has 1 fully saturated rings. The zero-order valence-corrected chi connectivity index (χ0v) is 11.5. The largest absolute Gasteiger partial charge is 0.313 e. The Morgan fingerprint density at radius 3 is 2.95 bits per heavy atom. The summed E-state index contributed by atoms with van der Waals surface area (Å²) >= 11 is 1.61. The molecule has 4 rings (SSSR count). The van der Waals surface area contributed by atoms with E-state index in [-0.39, 0.29) is 0 Å². The van der Waals surface area contributed by atoms with Crippen LogP contribution in [0.1, 0.15) is 29.5 Å². The Morgan fingerprint density at radius 1 is 1.21 bits per heavy atom. The van der Waals surface area contributed by atoms with Crippen LogP contribution in [0.5, 0.6) is 0 Å². The number of aromatic nitrogens is 5. The van der Waals surface area contributed by atoms with Gasteiger partial charge in [0.1, 0.15) is 22.2 Å². The first kappa shape index (κ1) is 11.5. The third-order valence-corrected chi connectivity index (χ3v) is 4.52. The van der Waals surface area contributed by atoms with E-state index in [1.54, 1.807) is 16.8 Å². The van der Waals surface area contributed by atoms with Crippen molar-refractivity contribution >= 4 is 11.3 Å². The summed E-state index contributed by atoms with van der Waals surface area (Å²) in [6, 6.07) is 0. The highest BCUT2D eigenvalue weighted by Crippen LogP contribution is 2.32. The molecule has 1 saturated carbocycles. The second-order valence-corrected chi connectivity index (χ2v) is 6.29. The Balaban J connectivity index is 1.46. The van der Waals surface area contributed by atoms with Crippen LogP contribution in [0.15, 0.2) is 5.51 Å².